The van der Waals surface area contributed by atoms with Crippen LogP contribution in [0, 0.1) is 0 Å². The molecule has 0 amide bonds. The third-order valence-corrected chi connectivity index (χ3v) is 8.43. The molecule has 0 N–H and O–H groups in total. The maximum absolute atomic E-state index is 6.08. The first kappa shape index (κ1) is 16.6. The van der Waals surface area contributed by atoms with Gasteiger partial charge in [0.15, 0.2) is 0 Å². The van der Waals surface area contributed by atoms with E-state index in [1.807, 2.05) is 42.6 Å². The molecule has 2 rings (SSSR count). The van der Waals surface area contributed by atoms with Gasteiger partial charge in [-0.05, 0) is 17.7 Å². The number of nitrogens with zero attached hydrogens (tertiary/aromatic N) is 1. The van der Waals surface area contributed by atoms with E-state index in [-0.39, 0.29) is 0 Å². The van der Waals surface area contributed by atoms with Gasteiger partial charge in [0.2, 0.25) is 0 Å². The number of allylic oxidation sites excluding steroid dienone is 3. The summed E-state index contributed by atoms with van der Waals surface area (Å²) in [5.41, 5.74) is 2.08. The summed E-state index contributed by atoms with van der Waals surface area (Å²) >= 11 is 24.3. The minimum Gasteiger partial charge on any atom is -0.343 e. The van der Waals surface area contributed by atoms with Gasteiger partial charge in [0.1, 0.15) is 13.3 Å². The largest absolute Gasteiger partial charge is 0.343 e. The Morgan fingerprint density at radius 2 is 1.60 bits per heavy atom. The van der Waals surface area contributed by atoms with Crippen molar-refractivity contribution >= 4 is 58.2 Å². The van der Waals surface area contributed by atoms with E-state index in [0.717, 1.165) is 10.8 Å². The molecule has 0 unspecified atom stereocenters. The van der Waals surface area contributed by atoms with Crippen LogP contribution in [0.15, 0.2) is 65.5 Å². The molecular formula is C13H11Cl4NP2. The van der Waals surface area contributed by atoms with E-state index >= 15 is 0 Å². The molecule has 20 heavy (non-hydrogen) atoms. The van der Waals surface area contributed by atoms with E-state index in [2.05, 4.69) is 17.0 Å². The molecule has 0 spiro atoms. The summed E-state index contributed by atoms with van der Waals surface area (Å²) in [6.07, 6.45) is 7.80. The van der Waals surface area contributed by atoms with Gasteiger partial charge in [0, 0.05) is 12.7 Å². The van der Waals surface area contributed by atoms with Gasteiger partial charge in [-0.2, -0.15) is 0 Å². The van der Waals surface area contributed by atoms with Crippen LogP contribution in [0.5, 0.6) is 0 Å². The molecule has 0 atom stereocenters. The summed E-state index contributed by atoms with van der Waals surface area (Å²) in [6, 6.07) is 10.1. The lowest BCUT2D eigenvalue weighted by atomic mass is 10.2. The van der Waals surface area contributed by atoms with Gasteiger partial charge < -0.3 is 4.90 Å². The van der Waals surface area contributed by atoms with Crippen molar-refractivity contribution in [2.75, 3.05) is 0 Å². The molecule has 7 heteroatoms. The third kappa shape index (κ3) is 4.38. The van der Waals surface area contributed by atoms with Crippen LogP contribution < -0.4 is 0 Å². The van der Waals surface area contributed by atoms with E-state index in [9.17, 15) is 0 Å². The summed E-state index contributed by atoms with van der Waals surface area (Å²) < 4.78 is 0. The summed E-state index contributed by atoms with van der Waals surface area (Å²) in [4.78, 5) is 2.06. The molecule has 0 aliphatic carbocycles. The Balaban J connectivity index is 2.33. The van der Waals surface area contributed by atoms with E-state index in [1.54, 1.807) is 0 Å². The number of halogens is 4. The monoisotopic (exact) mass is 383 g/mol. The SMILES string of the molecule is ClP(Cl)C(=C1C=CC=CN1Cc1ccccc1)P(Cl)Cl. The summed E-state index contributed by atoms with van der Waals surface area (Å²) in [6.45, 7) is -2.01. The zero-order valence-electron chi connectivity index (χ0n) is 10.3. The average molecular weight is 385 g/mol. The van der Waals surface area contributed by atoms with Gasteiger partial charge in [0.25, 0.3) is 0 Å². The standard InChI is InChI=1S/C13H11Cl4NP2/c14-19(15)13(20(16)17)12-8-4-5-9-18(12)10-11-6-2-1-3-7-11/h1-9H,10H2. The Bertz CT molecular complexity index is 531. The van der Waals surface area contributed by atoms with E-state index in [1.165, 1.54) is 5.56 Å². The molecule has 1 aliphatic rings. The minimum atomic E-state index is -1.37. The lowest BCUT2D eigenvalue weighted by molar-refractivity contribution is 0.470. The topological polar surface area (TPSA) is 3.24 Å². The van der Waals surface area contributed by atoms with Crippen LogP contribution >= 0.6 is 58.2 Å². The van der Waals surface area contributed by atoms with Gasteiger partial charge >= 0.3 is 0 Å². The second-order valence-corrected chi connectivity index (χ2v) is 11.3. The fourth-order valence-electron chi connectivity index (χ4n) is 1.83. The number of rotatable bonds is 4. The lowest BCUT2D eigenvalue weighted by Crippen LogP contribution is -2.17. The van der Waals surface area contributed by atoms with Crippen LogP contribution in [0.2, 0.25) is 0 Å². The Kier molecular flexibility index (Phi) is 6.69. The van der Waals surface area contributed by atoms with Crippen LogP contribution in [0.25, 0.3) is 0 Å². The molecule has 1 aromatic rings. The molecule has 1 aliphatic heterocycles. The van der Waals surface area contributed by atoms with Crippen LogP contribution in [0.4, 0.5) is 0 Å². The van der Waals surface area contributed by atoms with Crippen LogP contribution in [-0.2, 0) is 6.54 Å². The normalized spacial score (nSPS) is 14.5. The third-order valence-electron chi connectivity index (χ3n) is 2.69. The van der Waals surface area contributed by atoms with Crippen molar-refractivity contribution in [2.45, 2.75) is 6.54 Å². The molecule has 0 bridgehead atoms. The second-order valence-electron chi connectivity index (χ2n) is 3.99. The van der Waals surface area contributed by atoms with E-state index < -0.39 is 13.3 Å². The zero-order valence-corrected chi connectivity index (χ0v) is 15.1. The van der Waals surface area contributed by atoms with Gasteiger partial charge in [-0.1, -0.05) is 81.4 Å². The van der Waals surface area contributed by atoms with Crippen molar-refractivity contribution in [1.82, 2.24) is 4.90 Å². The number of hydrogen-bond donors (Lipinski definition) is 0. The highest BCUT2D eigenvalue weighted by molar-refractivity contribution is 8.21. The predicted molar refractivity (Wildman–Crippen MR) is 94.5 cm³/mol. The highest BCUT2D eigenvalue weighted by atomic mass is 35.9. The van der Waals surface area contributed by atoms with Gasteiger partial charge in [0.05, 0.1) is 10.8 Å². The molecule has 0 aromatic heterocycles. The smallest absolute Gasteiger partial charge is 0.121 e. The minimum absolute atomic E-state index is 0.717. The highest BCUT2D eigenvalue weighted by Crippen LogP contribution is 2.73. The molecule has 0 saturated carbocycles. The Morgan fingerprint density at radius 1 is 0.950 bits per heavy atom. The molecule has 1 aromatic carbocycles. The highest BCUT2D eigenvalue weighted by Gasteiger charge is 2.24. The summed E-state index contributed by atoms with van der Waals surface area (Å²) in [5.74, 6) is 0. The first-order valence-corrected chi connectivity index (χ1v) is 12.0. The first-order chi connectivity index (χ1) is 9.59. The molecule has 0 saturated heterocycles. The molecule has 0 fully saturated rings. The second kappa shape index (κ2) is 8.04. The van der Waals surface area contributed by atoms with Crippen LogP contribution in [-0.4, -0.2) is 4.90 Å². The summed E-state index contributed by atoms with van der Waals surface area (Å²) in [5, 5.41) is 0.721. The van der Waals surface area contributed by atoms with Crippen molar-refractivity contribution in [3.05, 3.63) is 71.1 Å². The molecule has 1 nitrogen and oxygen atoms in total. The number of hydrogen-bond acceptors (Lipinski definition) is 1. The predicted octanol–water partition coefficient (Wildman–Crippen LogP) is 7.32. The maximum Gasteiger partial charge on any atom is 0.121 e. The maximum atomic E-state index is 6.08. The molecule has 1 heterocycles. The lowest BCUT2D eigenvalue weighted by Gasteiger charge is -2.27. The van der Waals surface area contributed by atoms with Crippen LogP contribution in [0.1, 0.15) is 5.56 Å². The van der Waals surface area contributed by atoms with Crippen molar-refractivity contribution in [3.63, 3.8) is 0 Å². The van der Waals surface area contributed by atoms with E-state index in [4.69, 9.17) is 45.0 Å². The van der Waals surface area contributed by atoms with Gasteiger partial charge in [-0.15, -0.1) is 0 Å². The number of benzene rings is 1. The Labute approximate surface area is 140 Å². The van der Waals surface area contributed by atoms with Crippen LogP contribution in [0.3, 0.4) is 0 Å². The van der Waals surface area contributed by atoms with Crippen molar-refractivity contribution in [2.24, 2.45) is 0 Å². The fraction of sp³-hybridized carbons (Fsp3) is 0.0769. The fourth-order valence-corrected chi connectivity index (χ4v) is 8.19. The summed E-state index contributed by atoms with van der Waals surface area (Å²) in [7, 11) is 0. The van der Waals surface area contributed by atoms with Crippen molar-refractivity contribution in [3.8, 4) is 0 Å². The van der Waals surface area contributed by atoms with Gasteiger partial charge in [-0.3, -0.25) is 0 Å². The molecule has 0 radical (unpaired) electrons. The van der Waals surface area contributed by atoms with E-state index in [0.29, 0.717) is 6.54 Å². The first-order valence-electron chi connectivity index (χ1n) is 5.72. The molecular weight excluding hydrogens is 374 g/mol. The van der Waals surface area contributed by atoms with Crippen molar-refractivity contribution < 1.29 is 0 Å². The Morgan fingerprint density at radius 3 is 2.20 bits per heavy atom. The van der Waals surface area contributed by atoms with Gasteiger partial charge in [-0.25, -0.2) is 0 Å². The molecule has 106 valence electrons. The zero-order chi connectivity index (χ0) is 14.5. The van der Waals surface area contributed by atoms with Crippen molar-refractivity contribution in [1.29, 1.82) is 0 Å². The quantitative estimate of drug-likeness (QED) is 0.491. The Hall–Kier alpha value is 0.260. The average Bonchev–Trinajstić information content (AvgIpc) is 2.41.